The Kier molecular flexibility index (Phi) is 5.40. The number of carbonyl (C=O) groups is 1. The van der Waals surface area contributed by atoms with Crippen molar-refractivity contribution in [3.8, 4) is 6.07 Å². The van der Waals surface area contributed by atoms with Gasteiger partial charge in [0.15, 0.2) is 0 Å². The van der Waals surface area contributed by atoms with E-state index in [9.17, 15) is 4.79 Å². The molecule has 0 unspecified atom stereocenters. The minimum atomic E-state index is -0.152. The number of anilines is 1. The lowest BCUT2D eigenvalue weighted by atomic mass is 10.1. The number of amides is 1. The molecule has 0 aliphatic heterocycles. The molecule has 1 amide bonds. The molecule has 0 saturated carbocycles. The van der Waals surface area contributed by atoms with Crippen LogP contribution in [0.5, 0.6) is 0 Å². The molecule has 0 saturated heterocycles. The molecular formula is C20H18N4OS. The van der Waals surface area contributed by atoms with Gasteiger partial charge in [-0.1, -0.05) is 25.1 Å². The molecule has 26 heavy (non-hydrogen) atoms. The predicted molar refractivity (Wildman–Crippen MR) is 102 cm³/mol. The van der Waals surface area contributed by atoms with Crippen molar-refractivity contribution in [2.75, 3.05) is 5.32 Å². The second kappa shape index (κ2) is 7.89. The van der Waals surface area contributed by atoms with Crippen LogP contribution in [0.4, 0.5) is 5.69 Å². The van der Waals surface area contributed by atoms with E-state index in [1.807, 2.05) is 37.3 Å². The summed E-state index contributed by atoms with van der Waals surface area (Å²) in [5.41, 5.74) is 4.56. The third-order valence-electron chi connectivity index (χ3n) is 4.10. The van der Waals surface area contributed by atoms with E-state index in [-0.39, 0.29) is 5.91 Å². The van der Waals surface area contributed by atoms with E-state index in [2.05, 4.69) is 27.7 Å². The second-order valence-electron chi connectivity index (χ2n) is 5.86. The molecular weight excluding hydrogens is 344 g/mol. The van der Waals surface area contributed by atoms with Gasteiger partial charge in [-0.2, -0.15) is 9.64 Å². The SMILES string of the molecule is CCc1ccccc1NC(=O)c1c(C)nsc1Cc1ccc(C#N)cn1. The maximum Gasteiger partial charge on any atom is 0.258 e. The van der Waals surface area contributed by atoms with Crippen molar-refractivity contribution in [2.24, 2.45) is 0 Å². The van der Waals surface area contributed by atoms with Crippen LogP contribution in [-0.2, 0) is 12.8 Å². The molecule has 2 aromatic heterocycles. The largest absolute Gasteiger partial charge is 0.322 e. The molecule has 6 heteroatoms. The molecule has 0 aliphatic rings. The molecule has 0 aliphatic carbocycles. The Balaban J connectivity index is 1.85. The van der Waals surface area contributed by atoms with Crippen molar-refractivity contribution >= 4 is 23.1 Å². The number of carbonyl (C=O) groups excluding carboxylic acids is 1. The average Bonchev–Trinajstić information content (AvgIpc) is 3.03. The van der Waals surface area contributed by atoms with Crippen LogP contribution in [0.15, 0.2) is 42.6 Å². The zero-order chi connectivity index (χ0) is 18.5. The molecule has 0 bridgehead atoms. The van der Waals surface area contributed by atoms with Gasteiger partial charge in [0.25, 0.3) is 5.91 Å². The average molecular weight is 362 g/mol. The van der Waals surface area contributed by atoms with Crippen LogP contribution < -0.4 is 5.32 Å². The summed E-state index contributed by atoms with van der Waals surface area (Å²) in [6, 6.07) is 13.4. The number of pyridine rings is 1. The molecule has 2 heterocycles. The molecule has 1 N–H and O–H groups in total. The number of rotatable bonds is 5. The van der Waals surface area contributed by atoms with Gasteiger partial charge >= 0.3 is 0 Å². The minimum absolute atomic E-state index is 0.152. The quantitative estimate of drug-likeness (QED) is 0.740. The van der Waals surface area contributed by atoms with Crippen molar-refractivity contribution in [3.05, 3.63) is 75.6 Å². The minimum Gasteiger partial charge on any atom is -0.322 e. The molecule has 3 aromatic rings. The van der Waals surface area contributed by atoms with Crippen LogP contribution in [0.25, 0.3) is 0 Å². The number of aryl methyl sites for hydroxylation is 2. The van der Waals surface area contributed by atoms with Gasteiger partial charge in [-0.15, -0.1) is 0 Å². The Morgan fingerprint density at radius 2 is 2.08 bits per heavy atom. The fourth-order valence-corrected chi connectivity index (χ4v) is 3.61. The molecule has 5 nitrogen and oxygen atoms in total. The Bertz CT molecular complexity index is 970. The summed E-state index contributed by atoms with van der Waals surface area (Å²) in [5.74, 6) is -0.152. The molecule has 0 spiro atoms. The third kappa shape index (κ3) is 3.79. The Morgan fingerprint density at radius 3 is 2.77 bits per heavy atom. The van der Waals surface area contributed by atoms with E-state index in [0.29, 0.717) is 23.2 Å². The topological polar surface area (TPSA) is 78.7 Å². The van der Waals surface area contributed by atoms with Gasteiger partial charge in [0.2, 0.25) is 0 Å². The molecule has 1 aromatic carbocycles. The summed E-state index contributed by atoms with van der Waals surface area (Å²) in [6.07, 6.45) is 2.90. The lowest BCUT2D eigenvalue weighted by molar-refractivity contribution is 0.102. The monoisotopic (exact) mass is 362 g/mol. The first-order chi connectivity index (χ1) is 12.6. The smallest absolute Gasteiger partial charge is 0.258 e. The van der Waals surface area contributed by atoms with Gasteiger partial charge < -0.3 is 5.32 Å². The fraction of sp³-hybridized carbons (Fsp3) is 0.200. The highest BCUT2D eigenvalue weighted by atomic mass is 32.1. The number of nitrogens with one attached hydrogen (secondary N) is 1. The summed E-state index contributed by atoms with van der Waals surface area (Å²) in [5, 5.41) is 11.9. The predicted octanol–water partition coefficient (Wildman–Crippen LogP) is 4.12. The zero-order valence-electron chi connectivity index (χ0n) is 14.6. The number of hydrogen-bond acceptors (Lipinski definition) is 5. The van der Waals surface area contributed by atoms with Gasteiger partial charge in [-0.3, -0.25) is 9.78 Å². The number of nitrogens with zero attached hydrogens (tertiary/aromatic N) is 3. The maximum atomic E-state index is 12.9. The van der Waals surface area contributed by atoms with E-state index in [1.54, 1.807) is 12.3 Å². The number of para-hydroxylation sites is 1. The van der Waals surface area contributed by atoms with Gasteiger partial charge in [0.1, 0.15) is 6.07 Å². The molecule has 0 fully saturated rings. The van der Waals surface area contributed by atoms with E-state index in [0.717, 1.165) is 28.2 Å². The third-order valence-corrected chi connectivity index (χ3v) is 5.04. The number of benzene rings is 1. The number of nitriles is 1. The zero-order valence-corrected chi connectivity index (χ0v) is 15.4. The van der Waals surface area contributed by atoms with E-state index >= 15 is 0 Å². The number of hydrogen-bond donors (Lipinski definition) is 1. The highest BCUT2D eigenvalue weighted by Gasteiger charge is 2.19. The van der Waals surface area contributed by atoms with Crippen LogP contribution in [0, 0.1) is 18.3 Å². The first kappa shape index (κ1) is 17.8. The van der Waals surface area contributed by atoms with Crippen LogP contribution >= 0.6 is 11.5 Å². The van der Waals surface area contributed by atoms with E-state index in [4.69, 9.17) is 5.26 Å². The van der Waals surface area contributed by atoms with Crippen molar-refractivity contribution < 1.29 is 4.79 Å². The summed E-state index contributed by atoms with van der Waals surface area (Å²) >= 11 is 1.31. The first-order valence-electron chi connectivity index (χ1n) is 8.31. The van der Waals surface area contributed by atoms with Crippen LogP contribution in [-0.4, -0.2) is 15.3 Å². The van der Waals surface area contributed by atoms with Crippen molar-refractivity contribution in [2.45, 2.75) is 26.7 Å². The lowest BCUT2D eigenvalue weighted by Gasteiger charge is -2.10. The first-order valence-corrected chi connectivity index (χ1v) is 9.09. The highest BCUT2D eigenvalue weighted by Crippen LogP contribution is 2.24. The fourth-order valence-electron chi connectivity index (χ4n) is 2.72. The van der Waals surface area contributed by atoms with Crippen LogP contribution in [0.2, 0.25) is 0 Å². The lowest BCUT2D eigenvalue weighted by Crippen LogP contribution is -2.15. The molecule has 0 radical (unpaired) electrons. The number of aromatic nitrogens is 2. The maximum absolute atomic E-state index is 12.9. The van der Waals surface area contributed by atoms with Gasteiger partial charge in [-0.05, 0) is 48.6 Å². The summed E-state index contributed by atoms with van der Waals surface area (Å²) in [7, 11) is 0. The molecule has 3 rings (SSSR count). The van der Waals surface area contributed by atoms with Gasteiger partial charge in [0.05, 0.1) is 16.8 Å². The van der Waals surface area contributed by atoms with Crippen LogP contribution in [0.3, 0.4) is 0 Å². The molecule has 0 atom stereocenters. The van der Waals surface area contributed by atoms with Crippen molar-refractivity contribution in [1.29, 1.82) is 5.26 Å². The standard InChI is InChI=1S/C20H18N4OS/c1-3-15-6-4-5-7-17(15)23-20(25)19-13(2)24-26-18(19)10-16-9-8-14(11-21)12-22-16/h4-9,12H,3,10H2,1-2H3,(H,23,25). The summed E-state index contributed by atoms with van der Waals surface area (Å²) in [6.45, 7) is 3.90. The second-order valence-corrected chi connectivity index (χ2v) is 6.72. The van der Waals surface area contributed by atoms with E-state index in [1.165, 1.54) is 11.5 Å². The summed E-state index contributed by atoms with van der Waals surface area (Å²) in [4.78, 5) is 18.0. The normalized spacial score (nSPS) is 10.3. The van der Waals surface area contributed by atoms with Gasteiger partial charge in [0, 0.05) is 28.9 Å². The summed E-state index contributed by atoms with van der Waals surface area (Å²) < 4.78 is 4.35. The van der Waals surface area contributed by atoms with Crippen molar-refractivity contribution in [1.82, 2.24) is 9.36 Å². The Morgan fingerprint density at radius 1 is 1.27 bits per heavy atom. The highest BCUT2D eigenvalue weighted by molar-refractivity contribution is 7.06. The Labute approximate surface area is 156 Å². The molecule has 130 valence electrons. The van der Waals surface area contributed by atoms with Gasteiger partial charge in [-0.25, -0.2) is 0 Å². The van der Waals surface area contributed by atoms with E-state index < -0.39 is 0 Å². The Hall–Kier alpha value is -3.04. The van der Waals surface area contributed by atoms with Crippen molar-refractivity contribution in [3.63, 3.8) is 0 Å². The van der Waals surface area contributed by atoms with Crippen LogP contribution in [0.1, 0.15) is 44.7 Å².